The molecule has 1 fully saturated rings. The third-order valence-electron chi connectivity index (χ3n) is 2.90. The molecule has 1 aliphatic rings. The molecule has 2 rings (SSSR count). The lowest BCUT2D eigenvalue weighted by molar-refractivity contribution is 0.279. The minimum absolute atomic E-state index is 0.00903. The second kappa shape index (κ2) is 5.10. The summed E-state index contributed by atoms with van der Waals surface area (Å²) in [6.07, 6.45) is 0. The smallest absolute Gasteiger partial charge is 0.126 e. The van der Waals surface area contributed by atoms with Gasteiger partial charge >= 0.3 is 0 Å². The highest BCUT2D eigenvalue weighted by molar-refractivity contribution is 5.97. The lowest BCUT2D eigenvalue weighted by atomic mass is 9.92. The van der Waals surface area contributed by atoms with Gasteiger partial charge in [0.1, 0.15) is 12.4 Å². The van der Waals surface area contributed by atoms with E-state index in [4.69, 9.17) is 21.3 Å². The Morgan fingerprint density at radius 3 is 2.94 bits per heavy atom. The number of aliphatic hydroxyl groups is 1. The molecule has 0 saturated carbocycles. The monoisotopic (exact) mass is 247 g/mol. The van der Waals surface area contributed by atoms with Crippen LogP contribution in [0, 0.1) is 0 Å². The molecule has 1 aromatic carbocycles. The molecule has 96 valence electrons. The average Bonchev–Trinajstić information content (AvgIpc) is 2.71. The number of benzene rings is 1. The van der Waals surface area contributed by atoms with Crippen LogP contribution in [0.2, 0.25) is 0 Å². The van der Waals surface area contributed by atoms with Crippen molar-refractivity contribution < 1.29 is 9.84 Å². The first-order valence-electron chi connectivity index (χ1n) is 5.74. The summed E-state index contributed by atoms with van der Waals surface area (Å²) in [6.45, 7) is 4.63. The number of nitrogens with two attached hydrogens (primary N) is 2. The number of aliphatic imine (C=N–C) groups is 1. The molecule has 1 unspecified atom stereocenters. The molecule has 5 heteroatoms. The van der Waals surface area contributed by atoms with Gasteiger partial charge in [-0.3, -0.25) is 4.99 Å². The van der Waals surface area contributed by atoms with Crippen LogP contribution in [0.5, 0.6) is 0 Å². The zero-order chi connectivity index (χ0) is 13.1. The van der Waals surface area contributed by atoms with Gasteiger partial charge in [0.2, 0.25) is 0 Å². The highest BCUT2D eigenvalue weighted by Gasteiger charge is 2.31. The third kappa shape index (κ3) is 2.31. The maximum Gasteiger partial charge on any atom is 0.126 e. The zero-order valence-corrected chi connectivity index (χ0v) is 10.1. The highest BCUT2D eigenvalue weighted by atomic mass is 16.5. The Labute approximate surface area is 106 Å². The Morgan fingerprint density at radius 2 is 2.22 bits per heavy atom. The predicted octanol–water partition coefficient (Wildman–Crippen LogP) is 0.912. The van der Waals surface area contributed by atoms with Crippen molar-refractivity contribution in [3.63, 3.8) is 0 Å². The lowest BCUT2D eigenvalue weighted by Crippen LogP contribution is -2.12. The van der Waals surface area contributed by atoms with Crippen LogP contribution in [0.15, 0.2) is 35.5 Å². The zero-order valence-electron chi connectivity index (χ0n) is 10.1. The quantitative estimate of drug-likeness (QED) is 0.692. The van der Waals surface area contributed by atoms with Gasteiger partial charge in [-0.1, -0.05) is 6.58 Å². The van der Waals surface area contributed by atoms with Gasteiger partial charge in [-0.15, -0.1) is 0 Å². The number of anilines is 2. The molecule has 1 aliphatic heterocycles. The van der Waals surface area contributed by atoms with E-state index in [0.29, 0.717) is 30.3 Å². The highest BCUT2D eigenvalue weighted by Crippen LogP contribution is 2.35. The molecule has 1 saturated heterocycles. The van der Waals surface area contributed by atoms with Crippen molar-refractivity contribution in [1.82, 2.24) is 0 Å². The van der Waals surface area contributed by atoms with Gasteiger partial charge in [0, 0.05) is 11.4 Å². The Balaban J connectivity index is 2.39. The fourth-order valence-corrected chi connectivity index (χ4v) is 2.05. The molecular weight excluding hydrogens is 230 g/mol. The van der Waals surface area contributed by atoms with Crippen LogP contribution in [-0.4, -0.2) is 30.6 Å². The minimum atomic E-state index is -0.167. The molecule has 5 nitrogen and oxygen atoms in total. The number of hydrogen-bond donors (Lipinski definition) is 3. The van der Waals surface area contributed by atoms with E-state index in [2.05, 4.69) is 11.6 Å². The molecule has 1 atom stereocenters. The second-order valence-corrected chi connectivity index (χ2v) is 4.17. The van der Waals surface area contributed by atoms with Crippen LogP contribution in [0.25, 0.3) is 0 Å². The lowest BCUT2D eigenvalue weighted by Gasteiger charge is -2.14. The predicted molar refractivity (Wildman–Crippen MR) is 72.5 cm³/mol. The Kier molecular flexibility index (Phi) is 3.53. The second-order valence-electron chi connectivity index (χ2n) is 4.17. The summed E-state index contributed by atoms with van der Waals surface area (Å²) in [6, 6.07) is 5.33. The van der Waals surface area contributed by atoms with E-state index >= 15 is 0 Å². The van der Waals surface area contributed by atoms with E-state index in [1.54, 1.807) is 12.1 Å². The Bertz CT molecular complexity index is 497. The van der Waals surface area contributed by atoms with Gasteiger partial charge in [0.25, 0.3) is 0 Å². The van der Waals surface area contributed by atoms with Crippen LogP contribution in [0.4, 0.5) is 11.4 Å². The number of allylic oxidation sites excluding steroid dienone is 1. The first-order chi connectivity index (χ1) is 8.63. The first kappa shape index (κ1) is 12.4. The number of rotatable bonds is 3. The number of hydrogen-bond acceptors (Lipinski definition) is 5. The summed E-state index contributed by atoms with van der Waals surface area (Å²) in [5, 5.41) is 8.83. The van der Waals surface area contributed by atoms with Crippen molar-refractivity contribution in [2.75, 3.05) is 31.2 Å². The standard InChI is InChI=1S/C13H17N3O2/c1-8-13(12(7-18-8)16-4-5-17)10-6-9(14)2-3-11(10)15/h2-3,6,13,17H,1,4-5,7,14-15H2. The van der Waals surface area contributed by atoms with Crippen molar-refractivity contribution in [3.8, 4) is 0 Å². The number of nitrogen functional groups attached to an aromatic ring is 2. The van der Waals surface area contributed by atoms with Gasteiger partial charge < -0.3 is 21.3 Å². The molecule has 0 aliphatic carbocycles. The molecule has 5 N–H and O–H groups in total. The summed E-state index contributed by atoms with van der Waals surface area (Å²) >= 11 is 0. The van der Waals surface area contributed by atoms with Gasteiger partial charge in [0.05, 0.1) is 24.8 Å². The fourth-order valence-electron chi connectivity index (χ4n) is 2.05. The third-order valence-corrected chi connectivity index (χ3v) is 2.90. The van der Waals surface area contributed by atoms with Gasteiger partial charge in [-0.05, 0) is 23.8 Å². The van der Waals surface area contributed by atoms with E-state index in [0.717, 1.165) is 11.3 Å². The largest absolute Gasteiger partial charge is 0.492 e. The topological polar surface area (TPSA) is 93.9 Å². The van der Waals surface area contributed by atoms with Crippen molar-refractivity contribution >= 4 is 17.1 Å². The van der Waals surface area contributed by atoms with E-state index < -0.39 is 0 Å². The molecule has 1 aromatic rings. The summed E-state index contributed by atoms with van der Waals surface area (Å²) in [5.74, 6) is 0.448. The number of nitrogens with zero attached hydrogens (tertiary/aromatic N) is 1. The fraction of sp³-hybridized carbons (Fsp3) is 0.308. The SMILES string of the molecule is C=C1OCC(=NCCO)C1c1cc(N)ccc1N. The number of ether oxygens (including phenoxy) is 1. The van der Waals surface area contributed by atoms with E-state index in [1.807, 2.05) is 6.07 Å². The first-order valence-corrected chi connectivity index (χ1v) is 5.74. The van der Waals surface area contributed by atoms with E-state index in [1.165, 1.54) is 0 Å². The summed E-state index contributed by atoms with van der Waals surface area (Å²) < 4.78 is 5.42. The maximum absolute atomic E-state index is 8.83. The molecule has 0 radical (unpaired) electrons. The van der Waals surface area contributed by atoms with E-state index in [-0.39, 0.29) is 12.5 Å². The molecule has 0 bridgehead atoms. The molecule has 0 aromatic heterocycles. The average molecular weight is 247 g/mol. The van der Waals surface area contributed by atoms with E-state index in [9.17, 15) is 0 Å². The summed E-state index contributed by atoms with van der Waals surface area (Å²) in [7, 11) is 0. The Morgan fingerprint density at radius 1 is 1.44 bits per heavy atom. The van der Waals surface area contributed by atoms with Crippen LogP contribution in [0.3, 0.4) is 0 Å². The van der Waals surface area contributed by atoms with Crippen molar-refractivity contribution in [2.45, 2.75) is 5.92 Å². The van der Waals surface area contributed by atoms with Gasteiger partial charge in [-0.2, -0.15) is 0 Å². The van der Waals surface area contributed by atoms with Crippen LogP contribution in [-0.2, 0) is 4.74 Å². The molecule has 18 heavy (non-hydrogen) atoms. The maximum atomic E-state index is 8.83. The van der Waals surface area contributed by atoms with Gasteiger partial charge in [0.15, 0.2) is 0 Å². The normalized spacial score (nSPS) is 21.3. The molecule has 0 amide bonds. The van der Waals surface area contributed by atoms with Crippen LogP contribution < -0.4 is 11.5 Å². The minimum Gasteiger partial charge on any atom is -0.492 e. The Hall–Kier alpha value is -2.01. The van der Waals surface area contributed by atoms with Crippen LogP contribution in [0.1, 0.15) is 11.5 Å². The van der Waals surface area contributed by atoms with Crippen molar-refractivity contribution in [1.29, 1.82) is 0 Å². The van der Waals surface area contributed by atoms with Crippen molar-refractivity contribution in [2.24, 2.45) is 4.99 Å². The van der Waals surface area contributed by atoms with Crippen molar-refractivity contribution in [3.05, 3.63) is 36.1 Å². The number of aliphatic hydroxyl groups excluding tert-OH is 1. The summed E-state index contributed by atoms with van der Waals surface area (Å²) in [5.41, 5.74) is 14.7. The van der Waals surface area contributed by atoms with Crippen LogP contribution >= 0.6 is 0 Å². The van der Waals surface area contributed by atoms with Gasteiger partial charge in [-0.25, -0.2) is 0 Å². The molecule has 0 spiro atoms. The molecular formula is C13H17N3O2. The molecule has 1 heterocycles. The summed E-state index contributed by atoms with van der Waals surface area (Å²) in [4.78, 5) is 4.31.